The molecule has 3 atom stereocenters. The number of rotatable bonds is 4. The third kappa shape index (κ3) is 2.22. The van der Waals surface area contributed by atoms with E-state index in [4.69, 9.17) is 4.74 Å². The Balaban J connectivity index is 1.62. The van der Waals surface area contributed by atoms with Crippen molar-refractivity contribution in [1.29, 1.82) is 0 Å². The second-order valence-corrected chi connectivity index (χ2v) is 5.29. The average molecular weight is 245 g/mol. The van der Waals surface area contributed by atoms with Crippen molar-refractivity contribution in [3.05, 3.63) is 29.8 Å². The van der Waals surface area contributed by atoms with E-state index in [1.807, 2.05) is 31.2 Å². The molecule has 0 aromatic heterocycles. The van der Waals surface area contributed by atoms with Crippen LogP contribution in [0.2, 0.25) is 0 Å². The Labute approximate surface area is 108 Å². The zero-order valence-electron chi connectivity index (χ0n) is 10.7. The van der Waals surface area contributed by atoms with Gasteiger partial charge in [-0.25, -0.2) is 4.79 Å². The molecular weight excluding hydrogens is 226 g/mol. The van der Waals surface area contributed by atoms with Gasteiger partial charge in [0.25, 0.3) is 0 Å². The maximum atomic E-state index is 11.5. The molecule has 1 aromatic rings. The molecule has 2 saturated carbocycles. The Morgan fingerprint density at radius 1 is 1.33 bits per heavy atom. The smallest absolute Gasteiger partial charge is 0.338 e. The molecule has 2 fully saturated rings. The van der Waals surface area contributed by atoms with Crippen LogP contribution >= 0.6 is 0 Å². The van der Waals surface area contributed by atoms with E-state index >= 15 is 0 Å². The minimum absolute atomic E-state index is 0.243. The quantitative estimate of drug-likeness (QED) is 0.828. The van der Waals surface area contributed by atoms with Gasteiger partial charge in [-0.15, -0.1) is 0 Å². The summed E-state index contributed by atoms with van der Waals surface area (Å²) in [5.74, 6) is 1.64. The number of hydrogen-bond donors (Lipinski definition) is 1. The lowest BCUT2D eigenvalue weighted by atomic mass is 10.1. The van der Waals surface area contributed by atoms with Gasteiger partial charge < -0.3 is 10.1 Å². The topological polar surface area (TPSA) is 38.3 Å². The molecule has 18 heavy (non-hydrogen) atoms. The number of carbonyl (C=O) groups excluding carboxylic acids is 1. The van der Waals surface area contributed by atoms with Crippen molar-refractivity contribution in [3.8, 4) is 0 Å². The number of benzene rings is 1. The maximum Gasteiger partial charge on any atom is 0.338 e. The summed E-state index contributed by atoms with van der Waals surface area (Å²) in [6, 6.07) is 8.26. The summed E-state index contributed by atoms with van der Waals surface area (Å²) in [4.78, 5) is 11.5. The predicted octanol–water partition coefficient (Wildman–Crippen LogP) is 3.07. The summed E-state index contributed by atoms with van der Waals surface area (Å²) in [6.07, 6.45) is 4.07. The molecule has 0 aliphatic heterocycles. The molecule has 3 rings (SSSR count). The molecule has 0 saturated heterocycles. The van der Waals surface area contributed by atoms with Gasteiger partial charge in [0.05, 0.1) is 12.2 Å². The van der Waals surface area contributed by atoms with Gasteiger partial charge in [0, 0.05) is 11.7 Å². The minimum atomic E-state index is -0.243. The first kappa shape index (κ1) is 11.6. The van der Waals surface area contributed by atoms with E-state index < -0.39 is 0 Å². The molecule has 0 spiro atoms. The SMILES string of the molecule is CCOC(=O)c1ccc(NC2CC[C@H]3C[C@@H]23)cc1. The van der Waals surface area contributed by atoms with E-state index in [1.165, 1.54) is 19.3 Å². The van der Waals surface area contributed by atoms with E-state index in [1.54, 1.807) is 0 Å². The number of ether oxygens (including phenoxy) is 1. The summed E-state index contributed by atoms with van der Waals surface area (Å²) < 4.78 is 4.97. The minimum Gasteiger partial charge on any atom is -0.462 e. The molecule has 1 unspecified atom stereocenters. The highest BCUT2D eigenvalue weighted by atomic mass is 16.5. The molecule has 0 amide bonds. The molecule has 1 N–H and O–H groups in total. The monoisotopic (exact) mass is 245 g/mol. The van der Waals surface area contributed by atoms with Crippen molar-refractivity contribution in [2.75, 3.05) is 11.9 Å². The molecule has 96 valence electrons. The zero-order chi connectivity index (χ0) is 12.5. The van der Waals surface area contributed by atoms with E-state index in [2.05, 4.69) is 5.32 Å². The number of carbonyl (C=O) groups is 1. The number of nitrogens with one attached hydrogen (secondary N) is 1. The second kappa shape index (κ2) is 4.63. The van der Waals surface area contributed by atoms with Gasteiger partial charge in [-0.3, -0.25) is 0 Å². The molecule has 0 radical (unpaired) electrons. The third-order valence-corrected chi connectivity index (χ3v) is 4.09. The van der Waals surface area contributed by atoms with Gasteiger partial charge in [-0.1, -0.05) is 0 Å². The lowest BCUT2D eigenvalue weighted by Gasteiger charge is -2.15. The Bertz CT molecular complexity index is 440. The maximum absolute atomic E-state index is 11.5. The fourth-order valence-electron chi connectivity index (χ4n) is 3.01. The van der Waals surface area contributed by atoms with Gasteiger partial charge >= 0.3 is 5.97 Å². The summed E-state index contributed by atoms with van der Waals surface area (Å²) in [7, 11) is 0. The van der Waals surface area contributed by atoms with Crippen molar-refractivity contribution in [1.82, 2.24) is 0 Å². The molecule has 2 aliphatic rings. The second-order valence-electron chi connectivity index (χ2n) is 5.29. The van der Waals surface area contributed by atoms with Crippen LogP contribution in [0.5, 0.6) is 0 Å². The van der Waals surface area contributed by atoms with Crippen LogP contribution in [0.15, 0.2) is 24.3 Å². The van der Waals surface area contributed by atoms with Crippen LogP contribution in [0.1, 0.15) is 36.5 Å². The van der Waals surface area contributed by atoms with Gasteiger partial charge in [0.2, 0.25) is 0 Å². The van der Waals surface area contributed by atoms with E-state index in [0.717, 1.165) is 17.5 Å². The summed E-state index contributed by atoms with van der Waals surface area (Å²) in [6.45, 7) is 2.24. The van der Waals surface area contributed by atoms with Crippen LogP contribution in [0, 0.1) is 11.8 Å². The van der Waals surface area contributed by atoms with E-state index in [0.29, 0.717) is 18.2 Å². The lowest BCUT2D eigenvalue weighted by molar-refractivity contribution is 0.0526. The van der Waals surface area contributed by atoms with Crippen LogP contribution in [0.3, 0.4) is 0 Å². The number of anilines is 1. The highest BCUT2D eigenvalue weighted by Crippen LogP contribution is 2.52. The van der Waals surface area contributed by atoms with Crippen LogP contribution in [0.4, 0.5) is 5.69 Å². The Hall–Kier alpha value is -1.51. The number of esters is 1. The first-order valence-electron chi connectivity index (χ1n) is 6.81. The zero-order valence-corrected chi connectivity index (χ0v) is 10.7. The lowest BCUT2D eigenvalue weighted by Crippen LogP contribution is -2.18. The van der Waals surface area contributed by atoms with Crippen LogP contribution in [-0.4, -0.2) is 18.6 Å². The molecule has 0 heterocycles. The molecule has 3 nitrogen and oxygen atoms in total. The fourth-order valence-corrected chi connectivity index (χ4v) is 3.01. The van der Waals surface area contributed by atoms with Crippen LogP contribution in [-0.2, 0) is 4.74 Å². The van der Waals surface area contributed by atoms with Crippen molar-refractivity contribution in [2.45, 2.75) is 32.2 Å². The standard InChI is InChI=1S/C15H19NO2/c1-2-18-15(17)10-3-6-12(7-4-10)16-14-8-5-11-9-13(11)14/h3-4,6-7,11,13-14,16H,2,5,8-9H2,1H3/t11-,13+,14?/m0/s1. The summed E-state index contributed by atoms with van der Waals surface area (Å²) in [5, 5.41) is 3.58. The fraction of sp³-hybridized carbons (Fsp3) is 0.533. The van der Waals surface area contributed by atoms with Gasteiger partial charge in [-0.2, -0.15) is 0 Å². The average Bonchev–Trinajstić information content (AvgIpc) is 3.07. The van der Waals surface area contributed by atoms with Gasteiger partial charge in [0.1, 0.15) is 0 Å². The molecular formula is C15H19NO2. The molecule has 3 heteroatoms. The summed E-state index contributed by atoms with van der Waals surface area (Å²) in [5.41, 5.74) is 1.73. The van der Waals surface area contributed by atoms with E-state index in [-0.39, 0.29) is 5.97 Å². The van der Waals surface area contributed by atoms with E-state index in [9.17, 15) is 4.79 Å². The van der Waals surface area contributed by atoms with Gasteiger partial charge in [-0.05, 0) is 62.3 Å². The number of fused-ring (bicyclic) bond motifs is 1. The molecule has 2 aliphatic carbocycles. The van der Waals surface area contributed by atoms with Gasteiger partial charge in [0.15, 0.2) is 0 Å². The first-order chi connectivity index (χ1) is 8.78. The molecule has 1 aromatic carbocycles. The third-order valence-electron chi connectivity index (χ3n) is 4.09. The van der Waals surface area contributed by atoms with Crippen LogP contribution in [0.25, 0.3) is 0 Å². The summed E-state index contributed by atoms with van der Waals surface area (Å²) >= 11 is 0. The van der Waals surface area contributed by atoms with Crippen molar-refractivity contribution in [3.63, 3.8) is 0 Å². The van der Waals surface area contributed by atoms with Crippen molar-refractivity contribution >= 4 is 11.7 Å². The Kier molecular flexibility index (Phi) is 2.98. The largest absolute Gasteiger partial charge is 0.462 e. The predicted molar refractivity (Wildman–Crippen MR) is 70.6 cm³/mol. The van der Waals surface area contributed by atoms with Crippen molar-refractivity contribution in [2.24, 2.45) is 11.8 Å². The Morgan fingerprint density at radius 2 is 2.11 bits per heavy atom. The van der Waals surface area contributed by atoms with Crippen LogP contribution < -0.4 is 5.32 Å². The van der Waals surface area contributed by atoms with Crippen molar-refractivity contribution < 1.29 is 9.53 Å². The normalized spacial score (nSPS) is 28.6. The highest BCUT2D eigenvalue weighted by molar-refractivity contribution is 5.89. The highest BCUT2D eigenvalue weighted by Gasteiger charge is 2.47. The Morgan fingerprint density at radius 3 is 2.67 bits per heavy atom. The number of hydrogen-bond acceptors (Lipinski definition) is 3. The molecule has 0 bridgehead atoms. The first-order valence-corrected chi connectivity index (χ1v) is 6.81.